The van der Waals surface area contributed by atoms with Crippen LogP contribution in [0, 0.1) is 0 Å². The van der Waals surface area contributed by atoms with E-state index in [9.17, 15) is 4.79 Å². The molecule has 2 aliphatic rings. The molecule has 0 radical (unpaired) electrons. The third kappa shape index (κ3) is 6.75. The number of amides is 1. The van der Waals surface area contributed by atoms with Crippen LogP contribution in [0.1, 0.15) is 12.8 Å². The lowest BCUT2D eigenvalue weighted by Crippen LogP contribution is -2.38. The van der Waals surface area contributed by atoms with Crippen molar-refractivity contribution in [3.05, 3.63) is 29.3 Å². The van der Waals surface area contributed by atoms with Crippen molar-refractivity contribution in [3.8, 4) is 5.75 Å². The first kappa shape index (κ1) is 24.1. The van der Waals surface area contributed by atoms with Gasteiger partial charge in [-0.25, -0.2) is 0 Å². The highest BCUT2D eigenvalue weighted by Crippen LogP contribution is 2.26. The van der Waals surface area contributed by atoms with Crippen LogP contribution >= 0.6 is 23.4 Å². The van der Waals surface area contributed by atoms with Crippen molar-refractivity contribution in [2.24, 2.45) is 0 Å². The fourth-order valence-electron chi connectivity index (χ4n) is 3.73. The van der Waals surface area contributed by atoms with Gasteiger partial charge in [-0.1, -0.05) is 23.4 Å². The minimum Gasteiger partial charge on any atom is -0.492 e. The zero-order valence-corrected chi connectivity index (χ0v) is 20.4. The maximum absolute atomic E-state index is 12.7. The van der Waals surface area contributed by atoms with Crippen molar-refractivity contribution in [1.29, 1.82) is 0 Å². The third-order valence-electron chi connectivity index (χ3n) is 5.66. The number of rotatable bonds is 10. The molecule has 2 aromatic rings. The van der Waals surface area contributed by atoms with Gasteiger partial charge in [0.15, 0.2) is 5.16 Å². The SMILES string of the molecule is CN(CCOc1ccc(Cl)cc1)C(=O)CSc1nnc(N2CCOCC2)n1CC1CCCO1. The lowest BCUT2D eigenvalue weighted by atomic mass is 10.2. The molecule has 0 bridgehead atoms. The van der Waals surface area contributed by atoms with Gasteiger partial charge in [-0.2, -0.15) is 0 Å². The molecule has 11 heteroatoms. The zero-order chi connectivity index (χ0) is 23.0. The van der Waals surface area contributed by atoms with E-state index in [4.69, 9.17) is 25.8 Å². The van der Waals surface area contributed by atoms with Gasteiger partial charge in [-0.15, -0.1) is 10.2 Å². The van der Waals surface area contributed by atoms with Gasteiger partial charge < -0.3 is 24.0 Å². The Hall–Kier alpha value is -2.01. The molecule has 0 aliphatic carbocycles. The number of likely N-dealkylation sites (N-methyl/N-ethyl adjacent to an activating group) is 1. The molecule has 33 heavy (non-hydrogen) atoms. The van der Waals surface area contributed by atoms with Crippen molar-refractivity contribution < 1.29 is 19.0 Å². The van der Waals surface area contributed by atoms with Gasteiger partial charge >= 0.3 is 0 Å². The van der Waals surface area contributed by atoms with E-state index in [1.54, 1.807) is 24.1 Å². The Morgan fingerprint density at radius 3 is 2.76 bits per heavy atom. The lowest BCUT2D eigenvalue weighted by molar-refractivity contribution is -0.127. The van der Waals surface area contributed by atoms with Crippen LogP contribution in [0.2, 0.25) is 5.02 Å². The highest BCUT2D eigenvalue weighted by Gasteiger charge is 2.25. The molecule has 1 unspecified atom stereocenters. The zero-order valence-electron chi connectivity index (χ0n) is 18.8. The van der Waals surface area contributed by atoms with E-state index in [0.717, 1.165) is 49.4 Å². The molecule has 1 aromatic carbocycles. The smallest absolute Gasteiger partial charge is 0.232 e. The molecule has 0 saturated carbocycles. The van der Waals surface area contributed by atoms with Crippen LogP contribution in [0.25, 0.3) is 0 Å². The number of nitrogens with zero attached hydrogens (tertiary/aromatic N) is 5. The van der Waals surface area contributed by atoms with Crippen molar-refractivity contribution in [3.63, 3.8) is 0 Å². The summed E-state index contributed by atoms with van der Waals surface area (Å²) in [6, 6.07) is 7.18. The molecule has 4 rings (SSSR count). The summed E-state index contributed by atoms with van der Waals surface area (Å²) in [4.78, 5) is 16.6. The second-order valence-electron chi connectivity index (χ2n) is 8.03. The number of ether oxygens (including phenoxy) is 3. The lowest BCUT2D eigenvalue weighted by Gasteiger charge is -2.28. The van der Waals surface area contributed by atoms with E-state index in [1.807, 2.05) is 12.1 Å². The summed E-state index contributed by atoms with van der Waals surface area (Å²) >= 11 is 7.30. The number of carbonyl (C=O) groups is 1. The molecule has 1 aromatic heterocycles. The maximum atomic E-state index is 12.7. The Balaban J connectivity index is 1.31. The summed E-state index contributed by atoms with van der Waals surface area (Å²) in [5.41, 5.74) is 0. The molecule has 1 amide bonds. The van der Waals surface area contributed by atoms with Gasteiger partial charge in [0, 0.05) is 31.8 Å². The first-order chi connectivity index (χ1) is 16.1. The van der Waals surface area contributed by atoms with Crippen molar-refractivity contribution >= 4 is 35.2 Å². The fourth-order valence-corrected chi connectivity index (χ4v) is 4.74. The Kier molecular flexibility index (Phi) is 8.71. The van der Waals surface area contributed by atoms with Crippen LogP contribution in [0.3, 0.4) is 0 Å². The number of hydrogen-bond acceptors (Lipinski definition) is 8. The summed E-state index contributed by atoms with van der Waals surface area (Å²) in [6.45, 7) is 5.31. The predicted molar refractivity (Wildman–Crippen MR) is 127 cm³/mol. The van der Waals surface area contributed by atoms with Gasteiger partial charge in [0.25, 0.3) is 0 Å². The van der Waals surface area contributed by atoms with E-state index in [1.165, 1.54) is 11.8 Å². The molecule has 180 valence electrons. The number of hydrogen-bond donors (Lipinski definition) is 0. The van der Waals surface area contributed by atoms with Gasteiger partial charge in [0.05, 0.1) is 38.2 Å². The van der Waals surface area contributed by atoms with Crippen LogP contribution in [0.15, 0.2) is 29.4 Å². The number of morpholine rings is 1. The number of thioether (sulfide) groups is 1. The summed E-state index contributed by atoms with van der Waals surface area (Å²) < 4.78 is 19.1. The number of aromatic nitrogens is 3. The molecule has 2 fully saturated rings. The maximum Gasteiger partial charge on any atom is 0.232 e. The minimum absolute atomic E-state index is 0.0132. The van der Waals surface area contributed by atoms with Gasteiger partial charge in [-0.05, 0) is 37.1 Å². The average molecular weight is 496 g/mol. The highest BCUT2D eigenvalue weighted by atomic mass is 35.5. The molecule has 3 heterocycles. The second kappa shape index (κ2) is 11.9. The first-order valence-electron chi connectivity index (χ1n) is 11.2. The molecule has 2 saturated heterocycles. The van der Waals surface area contributed by atoms with E-state index >= 15 is 0 Å². The first-order valence-corrected chi connectivity index (χ1v) is 12.6. The normalized spacial score (nSPS) is 18.5. The number of anilines is 1. The fraction of sp³-hybridized carbons (Fsp3) is 0.591. The van der Waals surface area contributed by atoms with Crippen LogP contribution in [-0.4, -0.2) is 90.5 Å². The molecule has 0 N–H and O–H groups in total. The standard InChI is InChI=1S/C22H30ClN5O4S/c1-26(8-14-32-18-6-4-17(23)5-7-18)20(29)16-33-22-25-24-21(27-9-12-30-13-10-27)28(22)15-19-3-2-11-31-19/h4-7,19H,2-3,8-16H2,1H3. The molecule has 0 spiro atoms. The molecule has 9 nitrogen and oxygen atoms in total. The summed E-state index contributed by atoms with van der Waals surface area (Å²) in [5.74, 6) is 1.85. The molecule has 1 atom stereocenters. The van der Waals surface area contributed by atoms with E-state index in [2.05, 4.69) is 19.7 Å². The number of halogens is 1. The van der Waals surface area contributed by atoms with Crippen LogP contribution in [0.5, 0.6) is 5.75 Å². The van der Waals surface area contributed by atoms with Gasteiger partial charge in [0.2, 0.25) is 11.9 Å². The summed E-state index contributed by atoms with van der Waals surface area (Å²) in [7, 11) is 1.78. The Labute approximate surface area is 203 Å². The van der Waals surface area contributed by atoms with Crippen molar-refractivity contribution in [1.82, 2.24) is 19.7 Å². The largest absolute Gasteiger partial charge is 0.492 e. The van der Waals surface area contributed by atoms with E-state index < -0.39 is 0 Å². The Morgan fingerprint density at radius 2 is 2.03 bits per heavy atom. The van der Waals surface area contributed by atoms with Gasteiger partial charge in [0.1, 0.15) is 12.4 Å². The molecule has 2 aliphatic heterocycles. The summed E-state index contributed by atoms with van der Waals surface area (Å²) in [6.07, 6.45) is 2.26. The van der Waals surface area contributed by atoms with Gasteiger partial charge in [-0.3, -0.25) is 9.36 Å². The summed E-state index contributed by atoms with van der Waals surface area (Å²) in [5, 5.41) is 10.3. The van der Waals surface area contributed by atoms with Crippen molar-refractivity contribution in [2.75, 3.05) is 63.8 Å². The molecular weight excluding hydrogens is 466 g/mol. The minimum atomic E-state index is 0.0132. The molecular formula is C22H30ClN5O4S. The number of benzene rings is 1. The van der Waals surface area contributed by atoms with E-state index in [0.29, 0.717) is 37.9 Å². The topological polar surface area (TPSA) is 82.0 Å². The highest BCUT2D eigenvalue weighted by molar-refractivity contribution is 7.99. The van der Waals surface area contributed by atoms with Crippen molar-refractivity contribution in [2.45, 2.75) is 30.6 Å². The third-order valence-corrected chi connectivity index (χ3v) is 6.86. The second-order valence-corrected chi connectivity index (χ2v) is 9.41. The Bertz CT molecular complexity index is 901. The average Bonchev–Trinajstić information content (AvgIpc) is 3.49. The van der Waals surface area contributed by atoms with Crippen LogP contribution < -0.4 is 9.64 Å². The van der Waals surface area contributed by atoms with Crippen LogP contribution in [0.4, 0.5) is 5.95 Å². The number of carbonyl (C=O) groups excluding carboxylic acids is 1. The monoisotopic (exact) mass is 495 g/mol. The quantitative estimate of drug-likeness (QED) is 0.465. The van der Waals surface area contributed by atoms with Crippen LogP contribution in [-0.2, 0) is 20.8 Å². The van der Waals surface area contributed by atoms with E-state index in [-0.39, 0.29) is 17.8 Å². The predicted octanol–water partition coefficient (Wildman–Crippen LogP) is 2.58. The Morgan fingerprint density at radius 1 is 1.24 bits per heavy atom.